The van der Waals surface area contributed by atoms with Crippen molar-refractivity contribution in [1.82, 2.24) is 4.90 Å². The van der Waals surface area contributed by atoms with Gasteiger partial charge < -0.3 is 9.64 Å². The summed E-state index contributed by atoms with van der Waals surface area (Å²) in [6.45, 7) is 13.4. The van der Waals surface area contributed by atoms with Crippen molar-refractivity contribution in [1.29, 1.82) is 0 Å². The maximum atomic E-state index is 13.1. The molecule has 1 saturated heterocycles. The third-order valence-corrected chi connectivity index (χ3v) is 6.71. The van der Waals surface area contributed by atoms with Gasteiger partial charge in [-0.2, -0.15) is 0 Å². The Hall–Kier alpha value is -1.36. The van der Waals surface area contributed by atoms with Crippen LogP contribution >= 0.6 is 11.3 Å². The third-order valence-electron chi connectivity index (χ3n) is 5.15. The number of ether oxygens (including phenoxy) is 1. The second kappa shape index (κ2) is 5.83. The first-order chi connectivity index (χ1) is 11.4. The number of rotatable bonds is 0. The van der Waals surface area contributed by atoms with Gasteiger partial charge in [-0.1, -0.05) is 20.8 Å². The van der Waals surface area contributed by atoms with E-state index in [0.29, 0.717) is 13.1 Å². The first-order valence-corrected chi connectivity index (χ1v) is 9.89. The lowest BCUT2D eigenvalue weighted by Gasteiger charge is -2.38. The number of likely N-dealkylation sites (tertiary alicyclic amines) is 1. The monoisotopic (exact) mass is 363 g/mol. The Morgan fingerprint density at radius 2 is 1.76 bits per heavy atom. The maximum Gasteiger partial charge on any atom is 0.410 e. The highest BCUT2D eigenvalue weighted by Gasteiger charge is 2.49. The Morgan fingerprint density at radius 3 is 2.24 bits per heavy atom. The molecule has 0 bridgehead atoms. The van der Waals surface area contributed by atoms with E-state index in [1.165, 1.54) is 9.75 Å². The number of hydrogen-bond donors (Lipinski definition) is 0. The van der Waals surface area contributed by atoms with E-state index >= 15 is 0 Å². The topological polar surface area (TPSA) is 46.6 Å². The largest absolute Gasteiger partial charge is 0.444 e. The van der Waals surface area contributed by atoms with Gasteiger partial charge >= 0.3 is 6.09 Å². The van der Waals surface area contributed by atoms with Gasteiger partial charge in [-0.25, -0.2) is 4.79 Å². The number of carbonyl (C=O) groups excluding carboxylic acids is 2. The van der Waals surface area contributed by atoms with Crippen molar-refractivity contribution in [2.45, 2.75) is 71.8 Å². The van der Waals surface area contributed by atoms with E-state index in [0.717, 1.165) is 24.8 Å². The molecule has 138 valence electrons. The molecular formula is C20H29NO3S. The maximum absolute atomic E-state index is 13.1. The molecule has 1 amide bonds. The third kappa shape index (κ3) is 3.48. The van der Waals surface area contributed by atoms with Gasteiger partial charge in [-0.15, -0.1) is 11.3 Å². The van der Waals surface area contributed by atoms with Gasteiger partial charge in [-0.05, 0) is 51.5 Å². The molecule has 0 unspecified atom stereocenters. The van der Waals surface area contributed by atoms with Crippen molar-refractivity contribution in [3.05, 3.63) is 21.4 Å². The van der Waals surface area contributed by atoms with Crippen LogP contribution in [0.5, 0.6) is 0 Å². The fraction of sp³-hybridized carbons (Fsp3) is 0.700. The summed E-state index contributed by atoms with van der Waals surface area (Å²) in [4.78, 5) is 29.6. The van der Waals surface area contributed by atoms with E-state index in [-0.39, 0.29) is 22.7 Å². The van der Waals surface area contributed by atoms with Gasteiger partial charge in [0.1, 0.15) is 5.60 Å². The smallest absolute Gasteiger partial charge is 0.410 e. The fourth-order valence-electron chi connectivity index (χ4n) is 3.64. The molecule has 1 aliphatic carbocycles. The van der Waals surface area contributed by atoms with Gasteiger partial charge in [0.15, 0.2) is 5.78 Å². The molecule has 1 aromatic heterocycles. The van der Waals surface area contributed by atoms with Gasteiger partial charge in [0.25, 0.3) is 0 Å². The lowest BCUT2D eigenvalue weighted by Crippen LogP contribution is -2.47. The number of ketones is 1. The molecule has 0 radical (unpaired) electrons. The Morgan fingerprint density at radius 1 is 1.16 bits per heavy atom. The summed E-state index contributed by atoms with van der Waals surface area (Å²) < 4.78 is 5.46. The Bertz CT molecular complexity index is 698. The number of fused-ring (bicyclic) bond motifs is 1. The standard InChI is InChI=1S/C20H29NO3S/c1-18(2,3)15-11-13-14(25-15)12-20(16(13)22)7-9-21(10-8-20)17(23)24-19(4,5)6/h11H,7-10,12H2,1-6H3. The molecule has 1 aliphatic heterocycles. The molecule has 0 saturated carbocycles. The minimum Gasteiger partial charge on any atom is -0.444 e. The number of carbonyl (C=O) groups is 2. The van der Waals surface area contributed by atoms with Crippen LogP contribution < -0.4 is 0 Å². The highest BCUT2D eigenvalue weighted by molar-refractivity contribution is 7.12. The SMILES string of the molecule is CC(C)(C)OC(=O)N1CCC2(CC1)Cc1sc(C(C)(C)C)cc1C2=O. The van der Waals surface area contributed by atoms with Gasteiger partial charge in [-0.3, -0.25) is 4.79 Å². The summed E-state index contributed by atoms with van der Waals surface area (Å²) >= 11 is 1.79. The number of hydrogen-bond acceptors (Lipinski definition) is 4. The first kappa shape index (κ1) is 18.4. The highest BCUT2D eigenvalue weighted by Crippen LogP contribution is 2.48. The molecule has 1 spiro atoms. The van der Waals surface area contributed by atoms with Crippen molar-refractivity contribution in [2.75, 3.05) is 13.1 Å². The van der Waals surface area contributed by atoms with Crippen LogP contribution in [0.4, 0.5) is 4.79 Å². The lowest BCUT2D eigenvalue weighted by molar-refractivity contribution is 0.0114. The van der Waals surface area contributed by atoms with Crippen LogP contribution in [0.15, 0.2) is 6.07 Å². The zero-order chi connectivity index (χ0) is 18.6. The predicted molar refractivity (Wildman–Crippen MR) is 101 cm³/mol. The van der Waals surface area contributed by atoms with Crippen LogP contribution in [-0.2, 0) is 16.6 Å². The molecule has 0 aromatic carbocycles. The molecule has 1 fully saturated rings. The van der Waals surface area contributed by atoms with E-state index in [1.807, 2.05) is 20.8 Å². The van der Waals surface area contributed by atoms with Crippen LogP contribution in [0, 0.1) is 5.41 Å². The van der Waals surface area contributed by atoms with E-state index in [9.17, 15) is 9.59 Å². The molecule has 5 heteroatoms. The average molecular weight is 364 g/mol. The van der Waals surface area contributed by atoms with Crippen molar-refractivity contribution in [2.24, 2.45) is 5.41 Å². The molecule has 2 heterocycles. The van der Waals surface area contributed by atoms with Crippen LogP contribution in [0.1, 0.15) is 74.5 Å². The zero-order valence-electron chi connectivity index (χ0n) is 16.2. The molecule has 25 heavy (non-hydrogen) atoms. The van der Waals surface area contributed by atoms with Crippen molar-refractivity contribution >= 4 is 23.2 Å². The summed E-state index contributed by atoms with van der Waals surface area (Å²) in [6, 6.07) is 2.11. The average Bonchev–Trinajstić information content (AvgIpc) is 2.97. The number of thiophene rings is 1. The van der Waals surface area contributed by atoms with Crippen molar-refractivity contribution < 1.29 is 14.3 Å². The van der Waals surface area contributed by atoms with E-state index in [2.05, 4.69) is 26.8 Å². The summed E-state index contributed by atoms with van der Waals surface area (Å²) in [5, 5.41) is 0. The fourth-order valence-corrected chi connectivity index (χ4v) is 5.00. The van der Waals surface area contributed by atoms with E-state index in [4.69, 9.17) is 4.74 Å². The van der Waals surface area contributed by atoms with Crippen molar-refractivity contribution in [3.8, 4) is 0 Å². The molecule has 2 aliphatic rings. The highest BCUT2D eigenvalue weighted by atomic mass is 32.1. The lowest BCUT2D eigenvalue weighted by atomic mass is 9.75. The quantitative estimate of drug-likeness (QED) is 0.665. The Balaban J connectivity index is 1.69. The number of amides is 1. The van der Waals surface area contributed by atoms with Crippen LogP contribution in [0.2, 0.25) is 0 Å². The first-order valence-electron chi connectivity index (χ1n) is 9.07. The number of Topliss-reactive ketones (excluding diaryl/α,β-unsaturated/α-hetero) is 1. The Kier molecular flexibility index (Phi) is 4.30. The van der Waals surface area contributed by atoms with E-state index < -0.39 is 5.60 Å². The minimum absolute atomic E-state index is 0.0858. The van der Waals surface area contributed by atoms with Crippen LogP contribution in [-0.4, -0.2) is 35.5 Å². The zero-order valence-corrected chi connectivity index (χ0v) is 17.0. The number of nitrogens with zero attached hydrogens (tertiary/aromatic N) is 1. The molecule has 0 N–H and O–H groups in total. The minimum atomic E-state index is -0.483. The molecular weight excluding hydrogens is 334 g/mol. The summed E-state index contributed by atoms with van der Waals surface area (Å²) in [5.74, 6) is 0.290. The van der Waals surface area contributed by atoms with Crippen LogP contribution in [0.3, 0.4) is 0 Å². The van der Waals surface area contributed by atoms with Gasteiger partial charge in [0.05, 0.1) is 0 Å². The molecule has 3 rings (SSSR count). The van der Waals surface area contributed by atoms with E-state index in [1.54, 1.807) is 16.2 Å². The van der Waals surface area contributed by atoms with Gasteiger partial charge in [0.2, 0.25) is 0 Å². The second-order valence-electron chi connectivity index (χ2n) is 9.45. The summed E-state index contributed by atoms with van der Waals surface area (Å²) in [7, 11) is 0. The summed E-state index contributed by atoms with van der Waals surface area (Å²) in [5.41, 5.74) is 0.238. The van der Waals surface area contributed by atoms with Crippen molar-refractivity contribution in [3.63, 3.8) is 0 Å². The number of piperidine rings is 1. The molecule has 0 atom stereocenters. The van der Waals surface area contributed by atoms with Crippen LogP contribution in [0.25, 0.3) is 0 Å². The normalized spacial score (nSPS) is 20.1. The summed E-state index contributed by atoms with van der Waals surface area (Å²) in [6.07, 6.45) is 2.04. The molecule has 1 aromatic rings. The Labute approximate surface area is 154 Å². The second-order valence-corrected chi connectivity index (χ2v) is 10.6. The van der Waals surface area contributed by atoms with Gasteiger partial charge in [0, 0.05) is 33.8 Å². The molecule has 4 nitrogen and oxygen atoms in total. The predicted octanol–water partition coefficient (Wildman–Crippen LogP) is 4.80.